The summed E-state index contributed by atoms with van der Waals surface area (Å²) in [6, 6.07) is 7.14. The molecule has 0 unspecified atom stereocenters. The lowest BCUT2D eigenvalue weighted by atomic mass is 10.2. The highest BCUT2D eigenvalue weighted by molar-refractivity contribution is 6.33. The third kappa shape index (κ3) is 3.24. The predicted molar refractivity (Wildman–Crippen MR) is 95.5 cm³/mol. The Morgan fingerprint density at radius 3 is 3.04 bits per heavy atom. The number of imidazole rings is 1. The zero-order valence-electron chi connectivity index (χ0n) is 13.6. The summed E-state index contributed by atoms with van der Waals surface area (Å²) in [6.07, 6.45) is 3.13. The van der Waals surface area contributed by atoms with Crippen LogP contribution in [0.25, 0.3) is 22.6 Å². The van der Waals surface area contributed by atoms with Crippen molar-refractivity contribution in [3.63, 3.8) is 0 Å². The number of carbonyl (C=O) groups excluding carboxylic acids is 1. The first kappa shape index (κ1) is 16.2. The maximum absolute atomic E-state index is 12.1. The van der Waals surface area contributed by atoms with E-state index in [1.807, 2.05) is 13.0 Å². The second-order valence-electron chi connectivity index (χ2n) is 5.72. The van der Waals surface area contributed by atoms with Gasteiger partial charge in [0.05, 0.1) is 10.5 Å². The van der Waals surface area contributed by atoms with E-state index in [0.29, 0.717) is 27.7 Å². The van der Waals surface area contributed by atoms with Crippen LogP contribution in [0.2, 0.25) is 5.02 Å². The number of aryl methyl sites for hydroxylation is 1. The molecule has 0 bridgehead atoms. The van der Waals surface area contributed by atoms with E-state index in [4.69, 9.17) is 11.6 Å². The summed E-state index contributed by atoms with van der Waals surface area (Å²) < 4.78 is 1.33. The van der Waals surface area contributed by atoms with Crippen molar-refractivity contribution in [2.75, 3.05) is 5.32 Å². The number of halogens is 1. The molecule has 0 aliphatic heterocycles. The topological polar surface area (TPSA) is 114 Å². The van der Waals surface area contributed by atoms with Crippen LogP contribution in [-0.2, 0) is 11.3 Å². The number of fused-ring (bicyclic) bond motifs is 1. The van der Waals surface area contributed by atoms with Gasteiger partial charge in [0, 0.05) is 17.4 Å². The Hall–Kier alpha value is -3.33. The first-order valence-corrected chi connectivity index (χ1v) is 8.09. The molecule has 10 heteroatoms. The number of carbonyl (C=O) groups is 1. The van der Waals surface area contributed by atoms with E-state index in [-0.39, 0.29) is 12.5 Å². The number of tetrazole rings is 1. The Morgan fingerprint density at radius 1 is 1.35 bits per heavy atom. The van der Waals surface area contributed by atoms with Crippen LogP contribution in [0.15, 0.2) is 36.8 Å². The fourth-order valence-electron chi connectivity index (χ4n) is 2.52. The van der Waals surface area contributed by atoms with E-state index in [1.54, 1.807) is 24.4 Å². The Balaban J connectivity index is 1.62. The molecule has 4 aromatic rings. The molecule has 0 radical (unpaired) electrons. The Labute approximate surface area is 152 Å². The molecule has 0 aliphatic carbocycles. The van der Waals surface area contributed by atoms with Crippen molar-refractivity contribution < 1.29 is 4.79 Å². The maximum atomic E-state index is 12.1. The summed E-state index contributed by atoms with van der Waals surface area (Å²) in [4.78, 5) is 24.1. The Kier molecular flexibility index (Phi) is 4.05. The van der Waals surface area contributed by atoms with Gasteiger partial charge in [-0.15, -0.1) is 5.10 Å². The molecule has 0 saturated carbocycles. The van der Waals surface area contributed by atoms with Crippen molar-refractivity contribution in [2.45, 2.75) is 13.5 Å². The van der Waals surface area contributed by atoms with Gasteiger partial charge in [-0.2, -0.15) is 0 Å². The fourth-order valence-corrected chi connectivity index (χ4v) is 2.72. The Morgan fingerprint density at radius 2 is 2.23 bits per heavy atom. The standard InChI is InChI=1S/C16H13ClN8O/c1-9-4-13-16(18-6-9)22-15(21-13)11-5-10(2-3-12(11)17)20-14(26)7-25-8-19-23-24-25/h2-6,8H,7H2,1H3,(H,20,26)(H,18,21,22). The van der Waals surface area contributed by atoms with Gasteiger partial charge in [-0.25, -0.2) is 14.6 Å². The summed E-state index contributed by atoms with van der Waals surface area (Å²) in [5, 5.41) is 13.9. The van der Waals surface area contributed by atoms with Crippen LogP contribution in [0, 0.1) is 6.92 Å². The third-order valence-electron chi connectivity index (χ3n) is 3.68. The number of nitrogens with one attached hydrogen (secondary N) is 2. The maximum Gasteiger partial charge on any atom is 0.246 e. The second kappa shape index (κ2) is 6.52. The minimum atomic E-state index is -0.257. The summed E-state index contributed by atoms with van der Waals surface area (Å²) in [6.45, 7) is 1.97. The van der Waals surface area contributed by atoms with Crippen LogP contribution in [-0.4, -0.2) is 41.1 Å². The molecule has 1 amide bonds. The van der Waals surface area contributed by atoms with Crippen LogP contribution >= 0.6 is 11.6 Å². The zero-order valence-corrected chi connectivity index (χ0v) is 14.4. The van der Waals surface area contributed by atoms with Crippen molar-refractivity contribution >= 4 is 34.4 Å². The van der Waals surface area contributed by atoms with Gasteiger partial charge in [0.15, 0.2) is 5.65 Å². The van der Waals surface area contributed by atoms with Gasteiger partial charge in [0.1, 0.15) is 18.7 Å². The first-order chi connectivity index (χ1) is 12.6. The molecule has 130 valence electrons. The van der Waals surface area contributed by atoms with Gasteiger partial charge in [0.25, 0.3) is 0 Å². The van der Waals surface area contributed by atoms with E-state index < -0.39 is 0 Å². The SMILES string of the molecule is Cc1cnc2nc(-c3cc(NC(=O)Cn4cnnn4)ccc3Cl)[nH]c2c1. The molecule has 0 atom stereocenters. The fraction of sp³-hybridized carbons (Fsp3) is 0.125. The van der Waals surface area contributed by atoms with Crippen molar-refractivity contribution in [3.8, 4) is 11.4 Å². The van der Waals surface area contributed by atoms with Crippen molar-refractivity contribution in [1.29, 1.82) is 0 Å². The average molecular weight is 369 g/mol. The summed E-state index contributed by atoms with van der Waals surface area (Å²) in [5.74, 6) is 0.326. The zero-order chi connectivity index (χ0) is 18.1. The van der Waals surface area contributed by atoms with Crippen molar-refractivity contribution in [3.05, 3.63) is 47.4 Å². The lowest BCUT2D eigenvalue weighted by molar-refractivity contribution is -0.116. The number of hydrogen-bond donors (Lipinski definition) is 2. The highest BCUT2D eigenvalue weighted by Gasteiger charge is 2.12. The number of aromatic amines is 1. The predicted octanol–water partition coefficient (Wildman–Crippen LogP) is 2.21. The molecule has 26 heavy (non-hydrogen) atoms. The van der Waals surface area contributed by atoms with E-state index >= 15 is 0 Å². The number of pyridine rings is 1. The van der Waals surface area contributed by atoms with Gasteiger partial charge in [-0.1, -0.05) is 11.6 Å². The minimum absolute atomic E-state index is 0.0127. The number of amides is 1. The number of nitrogens with zero attached hydrogens (tertiary/aromatic N) is 6. The van der Waals surface area contributed by atoms with Gasteiger partial charge in [-0.3, -0.25) is 4.79 Å². The van der Waals surface area contributed by atoms with Crippen LogP contribution in [0.4, 0.5) is 5.69 Å². The number of aromatic nitrogens is 7. The first-order valence-electron chi connectivity index (χ1n) is 7.71. The highest BCUT2D eigenvalue weighted by Crippen LogP contribution is 2.30. The normalized spacial score (nSPS) is 11.0. The molecule has 9 nitrogen and oxygen atoms in total. The number of hydrogen-bond acceptors (Lipinski definition) is 6. The molecule has 2 N–H and O–H groups in total. The number of H-pyrrole nitrogens is 1. The Bertz CT molecular complexity index is 1090. The highest BCUT2D eigenvalue weighted by atomic mass is 35.5. The van der Waals surface area contributed by atoms with Gasteiger partial charge in [-0.05, 0) is 47.2 Å². The summed E-state index contributed by atoms with van der Waals surface area (Å²) >= 11 is 6.32. The molecule has 0 spiro atoms. The molecule has 0 aliphatic rings. The van der Waals surface area contributed by atoms with Crippen molar-refractivity contribution in [1.82, 2.24) is 35.2 Å². The number of rotatable bonds is 4. The van der Waals surface area contributed by atoms with Gasteiger partial charge in [0.2, 0.25) is 5.91 Å². The lowest BCUT2D eigenvalue weighted by Crippen LogP contribution is -2.19. The van der Waals surface area contributed by atoms with E-state index in [9.17, 15) is 4.79 Å². The number of benzene rings is 1. The molecular weight excluding hydrogens is 356 g/mol. The van der Waals surface area contributed by atoms with Crippen molar-refractivity contribution in [2.24, 2.45) is 0 Å². The van der Waals surface area contributed by atoms with Crippen LogP contribution in [0.5, 0.6) is 0 Å². The monoisotopic (exact) mass is 368 g/mol. The summed E-state index contributed by atoms with van der Waals surface area (Å²) in [7, 11) is 0. The molecule has 3 heterocycles. The van der Waals surface area contributed by atoms with E-state index in [2.05, 4.69) is 35.8 Å². The third-order valence-corrected chi connectivity index (χ3v) is 4.01. The molecule has 3 aromatic heterocycles. The molecular formula is C16H13ClN8O. The number of anilines is 1. The smallest absolute Gasteiger partial charge is 0.246 e. The lowest BCUT2D eigenvalue weighted by Gasteiger charge is -2.07. The van der Waals surface area contributed by atoms with Gasteiger partial charge >= 0.3 is 0 Å². The van der Waals surface area contributed by atoms with Gasteiger partial charge < -0.3 is 10.3 Å². The van der Waals surface area contributed by atoms with Crippen LogP contribution in [0.1, 0.15) is 5.56 Å². The van der Waals surface area contributed by atoms with E-state index in [1.165, 1.54) is 11.0 Å². The molecule has 0 fully saturated rings. The second-order valence-corrected chi connectivity index (χ2v) is 6.13. The van der Waals surface area contributed by atoms with Crippen LogP contribution < -0.4 is 5.32 Å². The summed E-state index contributed by atoms with van der Waals surface area (Å²) in [5.41, 5.74) is 3.72. The quantitative estimate of drug-likeness (QED) is 0.570. The largest absolute Gasteiger partial charge is 0.337 e. The molecule has 1 aromatic carbocycles. The van der Waals surface area contributed by atoms with E-state index in [0.717, 1.165) is 11.1 Å². The minimum Gasteiger partial charge on any atom is -0.337 e. The molecule has 0 saturated heterocycles. The van der Waals surface area contributed by atoms with Crippen LogP contribution in [0.3, 0.4) is 0 Å². The average Bonchev–Trinajstić information content (AvgIpc) is 3.25. The molecule has 4 rings (SSSR count).